The fourth-order valence-electron chi connectivity index (χ4n) is 6.21. The number of benzene rings is 4. The number of fused-ring (bicyclic) bond motifs is 1. The minimum Gasteiger partial charge on any atom is -0.494 e. The molecule has 0 fully saturated rings. The molecule has 6 rings (SSSR count). The zero-order valence-corrected chi connectivity index (χ0v) is 29.1. The molecule has 51 heavy (non-hydrogen) atoms. The average molecular weight is 719 g/mol. The Labute approximate surface area is 306 Å². The van der Waals surface area contributed by atoms with Gasteiger partial charge in [0.25, 0.3) is 0 Å². The predicted octanol–water partition coefficient (Wildman–Crippen LogP) is 9.46. The van der Waals surface area contributed by atoms with Gasteiger partial charge in [0.15, 0.2) is 6.29 Å². The van der Waals surface area contributed by atoms with E-state index in [2.05, 4.69) is 11.1 Å². The third-order valence-corrected chi connectivity index (χ3v) is 9.36. The number of aromatic nitrogens is 1. The number of pyridine rings is 1. The lowest BCUT2D eigenvalue weighted by atomic mass is 9.94. The van der Waals surface area contributed by atoms with Crippen molar-refractivity contribution >= 4 is 29.5 Å². The van der Waals surface area contributed by atoms with Gasteiger partial charge in [0.05, 0.1) is 40.5 Å². The molecule has 4 aromatic carbocycles. The highest BCUT2D eigenvalue weighted by molar-refractivity contribution is 6.36. The Hall–Kier alpha value is -5.38. The van der Waals surface area contributed by atoms with Gasteiger partial charge in [0.2, 0.25) is 11.8 Å². The van der Waals surface area contributed by atoms with Crippen molar-refractivity contribution in [2.75, 3.05) is 13.2 Å². The van der Waals surface area contributed by atoms with Crippen LogP contribution in [-0.2, 0) is 13.0 Å². The first kappa shape index (κ1) is 35.4. The molecular weight excluding hydrogens is 685 g/mol. The normalized spacial score (nSPS) is 13.2. The van der Waals surface area contributed by atoms with E-state index in [1.54, 1.807) is 12.1 Å². The highest BCUT2D eigenvalue weighted by Gasteiger charge is 2.29. The number of rotatable bonds is 14. The summed E-state index contributed by atoms with van der Waals surface area (Å²) in [7, 11) is 0. The first-order valence-electron chi connectivity index (χ1n) is 16.6. The summed E-state index contributed by atoms with van der Waals surface area (Å²) >= 11 is 13.7. The Morgan fingerprint density at radius 1 is 0.843 bits per heavy atom. The van der Waals surface area contributed by atoms with E-state index in [0.29, 0.717) is 41.0 Å². The summed E-state index contributed by atoms with van der Waals surface area (Å²) in [5, 5.41) is 28.4. The van der Waals surface area contributed by atoms with Crippen LogP contribution in [0.25, 0.3) is 22.3 Å². The van der Waals surface area contributed by atoms with Gasteiger partial charge in [-0.15, -0.1) is 0 Å². The molecule has 10 heteroatoms. The Morgan fingerprint density at radius 2 is 1.57 bits per heavy atom. The van der Waals surface area contributed by atoms with E-state index in [9.17, 15) is 15.3 Å². The molecule has 1 aromatic heterocycles. The van der Waals surface area contributed by atoms with E-state index in [4.69, 9.17) is 42.5 Å². The van der Waals surface area contributed by atoms with Crippen molar-refractivity contribution in [3.05, 3.63) is 128 Å². The molecule has 5 aromatic rings. The van der Waals surface area contributed by atoms with Gasteiger partial charge in [-0.2, -0.15) is 15.5 Å². The summed E-state index contributed by atoms with van der Waals surface area (Å²) in [6.07, 6.45) is 4.25. The maximum absolute atomic E-state index is 11.9. The van der Waals surface area contributed by atoms with E-state index in [1.165, 1.54) is 12.1 Å². The minimum atomic E-state index is -0.358. The summed E-state index contributed by atoms with van der Waals surface area (Å²) in [6.45, 7) is 0.773. The van der Waals surface area contributed by atoms with Crippen LogP contribution in [-0.4, -0.2) is 29.6 Å². The Morgan fingerprint density at radius 3 is 2.29 bits per heavy atom. The molecule has 0 amide bonds. The van der Waals surface area contributed by atoms with Crippen molar-refractivity contribution < 1.29 is 24.1 Å². The van der Waals surface area contributed by atoms with Crippen molar-refractivity contribution in [2.45, 2.75) is 44.8 Å². The minimum absolute atomic E-state index is 0.0264. The first-order chi connectivity index (χ1) is 24.9. The van der Waals surface area contributed by atoms with Gasteiger partial charge in [-0.05, 0) is 96.3 Å². The van der Waals surface area contributed by atoms with Crippen molar-refractivity contribution in [3.8, 4) is 51.9 Å². The molecule has 0 aliphatic heterocycles. The summed E-state index contributed by atoms with van der Waals surface area (Å²) in [4.78, 5) is 16.4. The van der Waals surface area contributed by atoms with Gasteiger partial charge in [-0.1, -0.05) is 71.7 Å². The molecule has 0 saturated carbocycles. The van der Waals surface area contributed by atoms with Gasteiger partial charge >= 0.3 is 0 Å². The second-order valence-electron chi connectivity index (χ2n) is 12.1. The third kappa shape index (κ3) is 8.17. The number of aldehydes is 1. The Bertz CT molecular complexity index is 2110. The zero-order valence-electron chi connectivity index (χ0n) is 27.6. The van der Waals surface area contributed by atoms with Crippen LogP contribution in [0.4, 0.5) is 0 Å². The molecular formula is C41H33Cl2N3O5. The maximum atomic E-state index is 11.9. The van der Waals surface area contributed by atoms with Crippen LogP contribution in [0.15, 0.2) is 84.9 Å². The standard InChI is InChI=1S/C41H33Cl2N3O5/c42-37-21-30(24-48)40(50-25-28-19-26(22-44)18-27(20-28)23-45)46-41(37)51-38-15-14-34-33(7-5-8-35(34)38)36-9-4-6-32(39(36)43)29-10-12-31(13-11-29)49-17-3-1-2-16-47/h4-13,18-21,24,38,47H,1-3,14-17,25H2/t38-/m0/s1. The molecule has 1 N–H and O–H groups in total. The van der Waals surface area contributed by atoms with Crippen LogP contribution in [0.5, 0.6) is 17.5 Å². The summed E-state index contributed by atoms with van der Waals surface area (Å²) in [5.41, 5.74) is 7.30. The predicted molar refractivity (Wildman–Crippen MR) is 195 cm³/mol. The summed E-state index contributed by atoms with van der Waals surface area (Å²) in [6, 6.07) is 30.2. The largest absolute Gasteiger partial charge is 0.494 e. The third-order valence-electron chi connectivity index (χ3n) is 8.69. The smallest absolute Gasteiger partial charge is 0.236 e. The van der Waals surface area contributed by atoms with E-state index < -0.39 is 0 Å². The molecule has 0 spiro atoms. The van der Waals surface area contributed by atoms with Crippen LogP contribution in [0.1, 0.15) is 70.0 Å². The molecule has 0 radical (unpaired) electrons. The van der Waals surface area contributed by atoms with E-state index in [-0.39, 0.29) is 41.7 Å². The Kier molecular flexibility index (Phi) is 11.5. The molecule has 1 atom stereocenters. The fraction of sp³-hybridized carbons (Fsp3) is 0.220. The number of ether oxygens (including phenoxy) is 3. The van der Waals surface area contributed by atoms with E-state index in [0.717, 1.165) is 64.8 Å². The lowest BCUT2D eigenvalue weighted by Gasteiger charge is -2.18. The lowest BCUT2D eigenvalue weighted by Crippen LogP contribution is -2.08. The van der Waals surface area contributed by atoms with Gasteiger partial charge in [0.1, 0.15) is 23.5 Å². The SMILES string of the molecule is N#Cc1cc(C#N)cc(COc2nc(O[C@H]3CCc4c(-c5cccc(-c6ccc(OCCCCCO)cc6)c5Cl)cccc43)c(Cl)cc2C=O)c1. The van der Waals surface area contributed by atoms with Crippen LogP contribution in [0.3, 0.4) is 0 Å². The van der Waals surface area contributed by atoms with Crippen molar-refractivity contribution in [1.29, 1.82) is 10.5 Å². The molecule has 0 bridgehead atoms. The van der Waals surface area contributed by atoms with E-state index >= 15 is 0 Å². The van der Waals surface area contributed by atoms with Crippen LogP contribution >= 0.6 is 23.2 Å². The van der Waals surface area contributed by atoms with Crippen LogP contribution in [0.2, 0.25) is 10.0 Å². The highest BCUT2D eigenvalue weighted by atomic mass is 35.5. The number of carbonyl (C=O) groups is 1. The zero-order chi connectivity index (χ0) is 35.7. The van der Waals surface area contributed by atoms with Gasteiger partial charge in [-0.3, -0.25) is 4.79 Å². The molecule has 0 saturated heterocycles. The number of carbonyl (C=O) groups excluding carboxylic acids is 1. The van der Waals surface area contributed by atoms with Gasteiger partial charge < -0.3 is 19.3 Å². The number of halogens is 2. The number of unbranched alkanes of at least 4 members (excludes halogenated alkanes) is 2. The fourth-order valence-corrected chi connectivity index (χ4v) is 6.75. The van der Waals surface area contributed by atoms with E-state index in [1.807, 2.05) is 66.7 Å². The molecule has 8 nitrogen and oxygen atoms in total. The second kappa shape index (κ2) is 16.6. The highest BCUT2D eigenvalue weighted by Crippen LogP contribution is 2.44. The van der Waals surface area contributed by atoms with Crippen molar-refractivity contribution in [1.82, 2.24) is 4.98 Å². The number of hydrogen-bond donors (Lipinski definition) is 1. The molecule has 0 unspecified atom stereocenters. The lowest BCUT2D eigenvalue weighted by molar-refractivity contribution is 0.111. The monoisotopic (exact) mass is 717 g/mol. The number of aliphatic hydroxyl groups is 1. The molecule has 1 heterocycles. The van der Waals surface area contributed by atoms with Crippen molar-refractivity contribution in [2.24, 2.45) is 0 Å². The Balaban J connectivity index is 1.21. The number of nitriles is 2. The number of hydrogen-bond acceptors (Lipinski definition) is 8. The van der Waals surface area contributed by atoms with Crippen LogP contribution < -0.4 is 14.2 Å². The average Bonchev–Trinajstić information content (AvgIpc) is 3.58. The molecule has 1 aliphatic rings. The molecule has 256 valence electrons. The number of aliphatic hydroxyl groups excluding tert-OH is 1. The summed E-state index contributed by atoms with van der Waals surface area (Å²) in [5.74, 6) is 0.940. The van der Waals surface area contributed by atoms with Crippen LogP contribution in [0, 0.1) is 22.7 Å². The molecule has 1 aliphatic carbocycles. The quantitative estimate of drug-likeness (QED) is 0.0889. The number of nitrogens with zero attached hydrogens (tertiary/aromatic N) is 3. The van der Waals surface area contributed by atoms with Gasteiger partial charge in [-0.25, -0.2) is 0 Å². The summed E-state index contributed by atoms with van der Waals surface area (Å²) < 4.78 is 18.1. The first-order valence-corrected chi connectivity index (χ1v) is 17.3. The van der Waals surface area contributed by atoms with Gasteiger partial charge in [0, 0.05) is 17.7 Å². The second-order valence-corrected chi connectivity index (χ2v) is 12.8. The topological polar surface area (TPSA) is 125 Å². The maximum Gasteiger partial charge on any atom is 0.236 e. The van der Waals surface area contributed by atoms with Crippen molar-refractivity contribution in [3.63, 3.8) is 0 Å².